The number of hydrogen-bond donors (Lipinski definition) is 4. The van der Waals surface area contributed by atoms with E-state index in [2.05, 4.69) is 45.7 Å². The number of carbonyl (C=O) groups excluding carboxylic acids is 6. The molecule has 6 aromatic carbocycles. The van der Waals surface area contributed by atoms with Crippen LogP contribution in [0.2, 0.25) is 15.1 Å². The highest BCUT2D eigenvalue weighted by molar-refractivity contribution is 6.33. The van der Waals surface area contributed by atoms with Gasteiger partial charge in [0.1, 0.15) is 35.0 Å². The Labute approximate surface area is 707 Å². The van der Waals surface area contributed by atoms with Gasteiger partial charge in [0.2, 0.25) is 11.8 Å². The number of ether oxygens (including phenoxy) is 5. The molecule has 6 aliphatic heterocycles. The second-order valence-corrected chi connectivity index (χ2v) is 31.3. The molecule has 0 radical (unpaired) electrons. The average molecular weight is 1690 g/mol. The molecular formula is C87H76Cl3FN18O12. The monoisotopic (exact) mass is 1690 g/mol. The quantitative estimate of drug-likeness (QED) is 0.0653. The topological polar surface area (TPSA) is 337 Å². The lowest BCUT2D eigenvalue weighted by atomic mass is 9.86. The Morgan fingerprint density at radius 2 is 0.975 bits per heavy atom. The van der Waals surface area contributed by atoms with Gasteiger partial charge in [-0.1, -0.05) is 83.3 Å². The lowest BCUT2D eigenvalue weighted by Crippen LogP contribution is -2.51. The summed E-state index contributed by atoms with van der Waals surface area (Å²) in [6.45, 7) is 26.3. The number of fused-ring (bicyclic) bond motifs is 12. The summed E-state index contributed by atoms with van der Waals surface area (Å²) in [6, 6.07) is 33.3. The molecule has 4 unspecified atom stereocenters. The fourth-order valence-electron chi connectivity index (χ4n) is 17.0. The number of methoxy groups -OCH3 is 4. The molecule has 0 saturated carbocycles. The van der Waals surface area contributed by atoms with E-state index in [-0.39, 0.29) is 76.1 Å². The van der Waals surface area contributed by atoms with Crippen molar-refractivity contribution in [3.63, 3.8) is 0 Å². The molecule has 3 spiro atoms. The molecule has 4 atom stereocenters. The van der Waals surface area contributed by atoms with E-state index in [0.717, 1.165) is 28.3 Å². The van der Waals surface area contributed by atoms with Crippen molar-refractivity contribution in [1.82, 2.24) is 53.6 Å². The standard InChI is InChI=1S/C29H26ClFN6O4.C29H24ClN7O3.C29H26ClN5O5/c1-6-41-28-32-13-19(25(35-28)40-5)24-34-22-23(36(24)14(2)3)29(20-8-7-15(4)9-21(20)33-27(29)39)37(26(22)38)18-11-16(30)10-17(31)12-18;1-14(2)36-23-22(34-24(36)18-13-32-28(31-5)35-25(18)40-6)26(38)37(21-12-17(30)9-8-16(21)4)29(23)19-10-7-15(3)11-20(19)33-27(29)39;1-15-8-9-20-21(10-15)32-28(38)29(20)25-24(27(37)35(29)18-7-5-6-17(30)11-18)33-26(34(25)16(2)14-36)19-13-31-23(40-4)12-22(19)39-3/h7-14H,6H2,1-5H3,(H,33,39);7-14H,1-4,6H3,(H,33,39);5-13,16,36H,14H2,1-4H3,(H,32,38). The van der Waals surface area contributed by atoms with Crippen LogP contribution in [-0.4, -0.2) is 136 Å². The maximum atomic E-state index is 14.7. The van der Waals surface area contributed by atoms with Crippen LogP contribution in [0.15, 0.2) is 140 Å². The van der Waals surface area contributed by atoms with Crippen LogP contribution < -0.4 is 54.3 Å². The van der Waals surface area contributed by atoms with Gasteiger partial charge in [-0.2, -0.15) is 9.97 Å². The molecule has 0 fully saturated rings. The lowest BCUT2D eigenvalue weighted by Gasteiger charge is -2.36. The van der Waals surface area contributed by atoms with E-state index in [1.807, 2.05) is 126 Å². The van der Waals surface area contributed by atoms with Gasteiger partial charge in [0, 0.05) is 85.1 Å². The summed E-state index contributed by atoms with van der Waals surface area (Å²) >= 11 is 19.0. The van der Waals surface area contributed by atoms with Crippen LogP contribution in [-0.2, 0) is 31.0 Å². The van der Waals surface area contributed by atoms with Crippen molar-refractivity contribution in [2.75, 3.05) is 72.3 Å². The molecular weight excluding hydrogens is 1610 g/mol. The molecule has 4 N–H and O–H groups in total. The van der Waals surface area contributed by atoms with Gasteiger partial charge in [0.05, 0.1) is 87.3 Å². The fraction of sp³-hybridized carbons (Fsp3) is 0.253. The Morgan fingerprint density at radius 3 is 1.45 bits per heavy atom. The molecule has 614 valence electrons. The molecule has 30 nitrogen and oxygen atoms in total. The first-order chi connectivity index (χ1) is 58.0. The Hall–Kier alpha value is -13.7. The van der Waals surface area contributed by atoms with Crippen molar-refractivity contribution in [2.24, 2.45) is 0 Å². The van der Waals surface area contributed by atoms with E-state index in [1.54, 1.807) is 60.0 Å². The van der Waals surface area contributed by atoms with Gasteiger partial charge in [-0.15, -0.1) is 11.6 Å². The largest absolute Gasteiger partial charge is 0.496 e. The number of rotatable bonds is 16. The molecule has 6 aliphatic rings. The first-order valence-electron chi connectivity index (χ1n) is 38.2. The maximum absolute atomic E-state index is 14.7. The zero-order chi connectivity index (χ0) is 86.1. The number of hydrogen-bond acceptors (Lipinski definition) is 20. The summed E-state index contributed by atoms with van der Waals surface area (Å²) in [6.07, 6.45) is 4.51. The summed E-state index contributed by atoms with van der Waals surface area (Å²) < 4.78 is 47.4. The zero-order valence-electron chi connectivity index (χ0n) is 67.6. The van der Waals surface area contributed by atoms with Gasteiger partial charge in [-0.05, 0) is 158 Å². The van der Waals surface area contributed by atoms with E-state index in [1.165, 1.54) is 73.9 Å². The van der Waals surface area contributed by atoms with Crippen LogP contribution in [0.25, 0.3) is 39.0 Å². The van der Waals surface area contributed by atoms with Gasteiger partial charge in [-0.25, -0.2) is 29.3 Å². The zero-order valence-corrected chi connectivity index (χ0v) is 69.9. The van der Waals surface area contributed by atoms with E-state index in [4.69, 9.17) is 80.0 Å². The van der Waals surface area contributed by atoms with E-state index in [9.17, 15) is 38.3 Å². The number of nitrogens with one attached hydrogen (secondary N) is 3. The van der Waals surface area contributed by atoms with Crippen LogP contribution in [0.5, 0.6) is 29.4 Å². The number of aliphatic hydroxyl groups is 1. The molecule has 12 aromatic rings. The first-order valence-corrected chi connectivity index (χ1v) is 39.3. The predicted molar refractivity (Wildman–Crippen MR) is 449 cm³/mol. The predicted octanol–water partition coefficient (Wildman–Crippen LogP) is 15.2. The third-order valence-electron chi connectivity index (χ3n) is 22.0. The summed E-state index contributed by atoms with van der Waals surface area (Å²) in [5.41, 5.74) is 5.92. The number of aryl methyl sites for hydroxylation is 4. The van der Waals surface area contributed by atoms with Gasteiger partial charge in [0.15, 0.2) is 39.5 Å². The third-order valence-corrected chi connectivity index (χ3v) is 22.6. The SMILES string of the molecule is CCOc1ncc(-c2nc3c(n2C(C)C)C2(C(=O)Nc4cc(C)ccc42)N(c2cc(F)cc(Cl)c2)C3=O)c(OC)n1.COc1cc(OC)c(-c2nc3c(n2C(C)CO)C2(C(=O)Nc4cc(C)ccc42)N(c2cccc(Cl)c2)C3=O)cn1.[C-]#[N+]c1ncc(-c2nc3c(n2C(C)C)C2(C(=O)Nc4cc(C)ccc42)N(c2cc(Cl)ccc2C)C3=O)c(OC)n1. The molecule has 34 heteroatoms. The second kappa shape index (κ2) is 30.6. The van der Waals surface area contributed by atoms with Crippen LogP contribution in [0.3, 0.4) is 0 Å². The number of anilines is 6. The fourth-order valence-corrected chi connectivity index (χ4v) is 17.6. The number of aliphatic hydroxyl groups excluding tert-OH is 1. The Morgan fingerprint density at radius 1 is 0.504 bits per heavy atom. The molecule has 6 amide bonds. The number of pyridine rings is 1. The number of benzene rings is 6. The van der Waals surface area contributed by atoms with Gasteiger partial charge < -0.3 is 63.3 Å². The number of aromatic nitrogens is 11. The molecule has 18 rings (SSSR count). The van der Waals surface area contributed by atoms with Crippen molar-refractivity contribution in [3.05, 3.63) is 245 Å². The molecule has 0 saturated heterocycles. The first kappa shape index (κ1) is 81.1. The van der Waals surface area contributed by atoms with E-state index >= 15 is 0 Å². The summed E-state index contributed by atoms with van der Waals surface area (Å²) in [5.74, 6) is -1.42. The number of carbonyl (C=O) groups is 6. The Bertz CT molecular complexity index is 6460. The number of halogens is 4. The van der Waals surface area contributed by atoms with Crippen molar-refractivity contribution in [1.29, 1.82) is 0 Å². The number of nitrogens with zero attached hydrogens (tertiary/aromatic N) is 15. The van der Waals surface area contributed by atoms with Gasteiger partial charge >= 0.3 is 12.0 Å². The van der Waals surface area contributed by atoms with Crippen molar-refractivity contribution < 1.29 is 61.9 Å². The van der Waals surface area contributed by atoms with Crippen molar-refractivity contribution >= 4 is 110 Å². The smallest absolute Gasteiger partial charge is 0.374 e. The van der Waals surface area contributed by atoms with Crippen LogP contribution in [0.1, 0.15) is 147 Å². The normalized spacial score (nSPS) is 17.6. The minimum atomic E-state index is -1.71. The van der Waals surface area contributed by atoms with Crippen LogP contribution >= 0.6 is 34.8 Å². The van der Waals surface area contributed by atoms with Crippen LogP contribution in [0, 0.1) is 40.1 Å². The van der Waals surface area contributed by atoms with Gasteiger partial charge in [-0.3, -0.25) is 43.5 Å². The molecule has 12 heterocycles. The van der Waals surface area contributed by atoms with Crippen molar-refractivity contribution in [2.45, 2.75) is 104 Å². The minimum Gasteiger partial charge on any atom is -0.496 e. The molecule has 6 aromatic heterocycles. The second-order valence-electron chi connectivity index (χ2n) is 30.0. The van der Waals surface area contributed by atoms with E-state index < -0.39 is 58.0 Å². The van der Waals surface area contributed by atoms with Crippen LogP contribution in [0.4, 0.5) is 44.5 Å². The third kappa shape index (κ3) is 12.3. The average Bonchev–Trinajstić information content (AvgIpc) is 1.52. The van der Waals surface area contributed by atoms with Crippen molar-refractivity contribution in [3.8, 4) is 63.6 Å². The summed E-state index contributed by atoms with van der Waals surface area (Å²) in [7, 11) is 5.90. The highest BCUT2D eigenvalue weighted by atomic mass is 35.5. The number of amides is 6. The summed E-state index contributed by atoms with van der Waals surface area (Å²) in [5, 5.41) is 20.3. The van der Waals surface area contributed by atoms with Gasteiger partial charge in [0.25, 0.3) is 41.3 Å². The molecule has 0 bridgehead atoms. The highest BCUT2D eigenvalue weighted by Crippen LogP contribution is 2.59. The minimum absolute atomic E-state index is 0.0357. The number of imidazole rings is 3. The lowest BCUT2D eigenvalue weighted by molar-refractivity contribution is -0.120. The maximum Gasteiger partial charge on any atom is 0.374 e. The molecule has 0 aliphatic carbocycles. The Balaban J connectivity index is 0.000000135. The highest BCUT2D eigenvalue weighted by Gasteiger charge is 2.68. The van der Waals surface area contributed by atoms with E-state index in [0.29, 0.717) is 125 Å². The Kier molecular flexibility index (Phi) is 20.5. The molecule has 121 heavy (non-hydrogen) atoms. The summed E-state index contributed by atoms with van der Waals surface area (Å²) in [4.78, 5) is 129.